The highest BCUT2D eigenvalue weighted by atomic mass is 16.2. The monoisotopic (exact) mass is 223 g/mol. The Morgan fingerprint density at radius 2 is 2.12 bits per heavy atom. The van der Waals surface area contributed by atoms with E-state index in [4.69, 9.17) is 5.26 Å². The molecule has 1 heterocycles. The van der Waals surface area contributed by atoms with Gasteiger partial charge in [0.05, 0.1) is 6.07 Å². The summed E-state index contributed by atoms with van der Waals surface area (Å²) >= 11 is 0. The van der Waals surface area contributed by atoms with Crippen molar-refractivity contribution in [3.8, 4) is 6.07 Å². The smallest absolute Gasteiger partial charge is 0.222 e. The molecule has 0 unspecified atom stereocenters. The van der Waals surface area contributed by atoms with Crippen LogP contribution >= 0.6 is 0 Å². The van der Waals surface area contributed by atoms with Crippen LogP contribution in [0.2, 0.25) is 0 Å². The fourth-order valence-electron chi connectivity index (χ4n) is 2.19. The molecule has 0 aromatic heterocycles. The molecule has 1 amide bonds. The number of amides is 1. The van der Waals surface area contributed by atoms with Crippen LogP contribution in [0.4, 0.5) is 0 Å². The zero-order valence-electron chi connectivity index (χ0n) is 10.3. The van der Waals surface area contributed by atoms with E-state index in [0.717, 1.165) is 32.5 Å². The molecule has 0 aromatic carbocycles. The Kier molecular flexibility index (Phi) is 5.27. The molecule has 1 aliphatic heterocycles. The number of rotatable bonds is 4. The minimum absolute atomic E-state index is 0.262. The normalized spacial score (nSPS) is 17.5. The molecular weight excluding hydrogens is 202 g/mol. The van der Waals surface area contributed by atoms with Gasteiger partial charge in [0.1, 0.15) is 0 Å². The van der Waals surface area contributed by atoms with Gasteiger partial charge in [-0.15, -0.1) is 0 Å². The van der Waals surface area contributed by atoms with E-state index in [2.05, 4.69) is 18.0 Å². The van der Waals surface area contributed by atoms with Gasteiger partial charge in [-0.05, 0) is 19.9 Å². The van der Waals surface area contributed by atoms with Crippen molar-refractivity contribution in [2.75, 3.05) is 26.7 Å². The first kappa shape index (κ1) is 13.0. The van der Waals surface area contributed by atoms with Crippen molar-refractivity contribution < 1.29 is 4.79 Å². The van der Waals surface area contributed by atoms with Crippen LogP contribution in [0, 0.1) is 11.3 Å². The number of carbonyl (C=O) groups is 1. The third-order valence-electron chi connectivity index (χ3n) is 3.32. The number of nitriles is 1. The molecule has 4 heteroatoms. The number of nitrogens with zero attached hydrogens (tertiary/aromatic N) is 3. The van der Waals surface area contributed by atoms with E-state index in [1.165, 1.54) is 0 Å². The lowest BCUT2D eigenvalue weighted by Crippen LogP contribution is -2.45. The first-order valence-electron chi connectivity index (χ1n) is 6.04. The summed E-state index contributed by atoms with van der Waals surface area (Å²) in [6.07, 6.45) is 3.26. The largest absolute Gasteiger partial charge is 0.343 e. The summed E-state index contributed by atoms with van der Waals surface area (Å²) in [6.45, 7) is 4.48. The van der Waals surface area contributed by atoms with Crippen molar-refractivity contribution in [1.29, 1.82) is 5.26 Å². The van der Waals surface area contributed by atoms with Crippen molar-refractivity contribution in [3.63, 3.8) is 0 Å². The molecule has 0 N–H and O–H groups in total. The van der Waals surface area contributed by atoms with Crippen LogP contribution < -0.4 is 0 Å². The van der Waals surface area contributed by atoms with Gasteiger partial charge in [0.25, 0.3) is 0 Å². The highest BCUT2D eigenvalue weighted by molar-refractivity contribution is 5.75. The van der Waals surface area contributed by atoms with E-state index in [1.54, 1.807) is 0 Å². The lowest BCUT2D eigenvalue weighted by atomic mass is 10.0. The maximum Gasteiger partial charge on any atom is 0.222 e. The van der Waals surface area contributed by atoms with E-state index in [-0.39, 0.29) is 5.91 Å². The number of piperidine rings is 1. The van der Waals surface area contributed by atoms with Crippen LogP contribution in [-0.4, -0.2) is 48.4 Å². The molecule has 0 radical (unpaired) electrons. The van der Waals surface area contributed by atoms with Gasteiger partial charge < -0.3 is 9.80 Å². The minimum Gasteiger partial charge on any atom is -0.343 e. The second kappa shape index (κ2) is 6.49. The van der Waals surface area contributed by atoms with Crippen molar-refractivity contribution in [2.45, 2.75) is 38.6 Å². The molecule has 1 saturated heterocycles. The third kappa shape index (κ3) is 3.49. The van der Waals surface area contributed by atoms with Crippen LogP contribution in [0.3, 0.4) is 0 Å². The quantitative estimate of drug-likeness (QED) is 0.720. The zero-order valence-corrected chi connectivity index (χ0v) is 10.3. The highest BCUT2D eigenvalue weighted by Gasteiger charge is 2.23. The summed E-state index contributed by atoms with van der Waals surface area (Å²) in [7, 11) is 2.07. The summed E-state index contributed by atoms with van der Waals surface area (Å²) in [5.41, 5.74) is 0. The van der Waals surface area contributed by atoms with Crippen LogP contribution in [0.1, 0.15) is 32.6 Å². The molecule has 0 spiro atoms. The molecule has 1 fully saturated rings. The average Bonchev–Trinajstić information content (AvgIpc) is 2.35. The van der Waals surface area contributed by atoms with Crippen molar-refractivity contribution >= 4 is 5.91 Å². The molecule has 90 valence electrons. The maximum atomic E-state index is 11.5. The first-order chi connectivity index (χ1) is 7.69. The van der Waals surface area contributed by atoms with E-state index in [9.17, 15) is 4.79 Å². The second-order valence-corrected chi connectivity index (χ2v) is 4.35. The molecule has 0 aromatic rings. The van der Waals surface area contributed by atoms with Crippen molar-refractivity contribution in [2.24, 2.45) is 0 Å². The highest BCUT2D eigenvalue weighted by Crippen LogP contribution is 2.16. The van der Waals surface area contributed by atoms with Crippen molar-refractivity contribution in [1.82, 2.24) is 9.80 Å². The van der Waals surface area contributed by atoms with E-state index in [1.807, 2.05) is 11.8 Å². The maximum absolute atomic E-state index is 11.5. The number of hydrogen-bond donors (Lipinski definition) is 0. The lowest BCUT2D eigenvalue weighted by molar-refractivity contribution is -0.132. The van der Waals surface area contributed by atoms with Gasteiger partial charge in [0.15, 0.2) is 0 Å². The Balaban J connectivity index is 2.31. The van der Waals surface area contributed by atoms with Gasteiger partial charge in [-0.1, -0.05) is 6.92 Å². The van der Waals surface area contributed by atoms with Crippen LogP contribution in [0.25, 0.3) is 0 Å². The molecule has 1 rings (SSSR count). The fourth-order valence-corrected chi connectivity index (χ4v) is 2.19. The predicted octanol–water partition coefficient (Wildman–Crippen LogP) is 1.23. The van der Waals surface area contributed by atoms with Gasteiger partial charge in [-0.2, -0.15) is 5.26 Å². The Morgan fingerprint density at radius 3 is 2.62 bits per heavy atom. The Hall–Kier alpha value is -1.08. The zero-order chi connectivity index (χ0) is 12.0. The van der Waals surface area contributed by atoms with Gasteiger partial charge >= 0.3 is 0 Å². The number of hydrogen-bond acceptors (Lipinski definition) is 3. The van der Waals surface area contributed by atoms with Crippen molar-refractivity contribution in [3.05, 3.63) is 0 Å². The molecule has 16 heavy (non-hydrogen) atoms. The lowest BCUT2D eigenvalue weighted by Gasteiger charge is -2.36. The van der Waals surface area contributed by atoms with Gasteiger partial charge in [-0.25, -0.2) is 0 Å². The molecule has 4 nitrogen and oxygen atoms in total. The number of likely N-dealkylation sites (tertiary alicyclic amines) is 1. The Morgan fingerprint density at radius 1 is 1.50 bits per heavy atom. The summed E-state index contributed by atoms with van der Waals surface area (Å²) in [4.78, 5) is 15.7. The predicted molar refractivity (Wildman–Crippen MR) is 62.8 cm³/mol. The van der Waals surface area contributed by atoms with Crippen LogP contribution in [0.5, 0.6) is 0 Å². The molecule has 1 aliphatic rings. The second-order valence-electron chi connectivity index (χ2n) is 4.35. The SMILES string of the molecule is CCC(=O)N1CCC(N(C)CCC#N)CC1. The van der Waals surface area contributed by atoms with Crippen LogP contribution in [0.15, 0.2) is 0 Å². The van der Waals surface area contributed by atoms with Gasteiger partial charge in [0.2, 0.25) is 5.91 Å². The van der Waals surface area contributed by atoms with E-state index >= 15 is 0 Å². The van der Waals surface area contributed by atoms with Gasteiger partial charge in [0, 0.05) is 38.5 Å². The molecule has 0 bridgehead atoms. The molecule has 0 saturated carbocycles. The molecule has 0 atom stereocenters. The number of carbonyl (C=O) groups excluding carboxylic acids is 1. The third-order valence-corrected chi connectivity index (χ3v) is 3.32. The minimum atomic E-state index is 0.262. The molecular formula is C12H21N3O. The Labute approximate surface area is 97.8 Å². The molecule has 0 aliphatic carbocycles. The Bertz CT molecular complexity index is 264. The first-order valence-corrected chi connectivity index (χ1v) is 6.04. The summed E-state index contributed by atoms with van der Waals surface area (Å²) in [5.74, 6) is 0.262. The fraction of sp³-hybridized carbons (Fsp3) is 0.833. The average molecular weight is 223 g/mol. The standard InChI is InChI=1S/C12H21N3O/c1-3-12(16)15-9-5-11(6-10-15)14(2)8-4-7-13/h11H,3-6,8-10H2,1-2H3. The van der Waals surface area contributed by atoms with Crippen LogP contribution in [-0.2, 0) is 4.79 Å². The van der Waals surface area contributed by atoms with E-state index in [0.29, 0.717) is 18.9 Å². The summed E-state index contributed by atoms with van der Waals surface area (Å²) in [6, 6.07) is 2.70. The van der Waals surface area contributed by atoms with E-state index < -0.39 is 0 Å². The summed E-state index contributed by atoms with van der Waals surface area (Å²) < 4.78 is 0. The topological polar surface area (TPSA) is 47.3 Å². The summed E-state index contributed by atoms with van der Waals surface area (Å²) in [5, 5.41) is 8.53. The van der Waals surface area contributed by atoms with Gasteiger partial charge in [-0.3, -0.25) is 4.79 Å².